The third-order valence-electron chi connectivity index (χ3n) is 2.14. The second kappa shape index (κ2) is 4.71. The van der Waals surface area contributed by atoms with Gasteiger partial charge in [0.15, 0.2) is 9.84 Å². The molecule has 16 heavy (non-hydrogen) atoms. The van der Waals surface area contributed by atoms with Crippen LogP contribution in [0.2, 0.25) is 0 Å². The van der Waals surface area contributed by atoms with Crippen LogP contribution in [-0.4, -0.2) is 34.0 Å². The van der Waals surface area contributed by atoms with Gasteiger partial charge in [0, 0.05) is 17.9 Å². The molecule has 0 spiro atoms. The molecule has 0 heterocycles. The zero-order valence-electron chi connectivity index (χ0n) is 9.35. The summed E-state index contributed by atoms with van der Waals surface area (Å²) in [5, 5.41) is 9.08. The average molecular weight is 246 g/mol. The number of ether oxygens (including phenoxy) is 2. The minimum atomic E-state index is -3.39. The number of hydrogen-bond acceptors (Lipinski definition) is 5. The van der Waals surface area contributed by atoms with E-state index in [9.17, 15) is 8.42 Å². The number of sulfone groups is 1. The highest BCUT2D eigenvalue weighted by Gasteiger charge is 2.18. The van der Waals surface area contributed by atoms with E-state index in [-0.39, 0.29) is 17.3 Å². The molecule has 1 rings (SSSR count). The lowest BCUT2D eigenvalue weighted by molar-refractivity contribution is 0.272. The molecule has 6 heteroatoms. The van der Waals surface area contributed by atoms with Crippen LogP contribution in [0.3, 0.4) is 0 Å². The Bertz CT molecular complexity index is 478. The fourth-order valence-corrected chi connectivity index (χ4v) is 2.18. The summed E-state index contributed by atoms with van der Waals surface area (Å²) in [5.41, 5.74) is 0.478. The van der Waals surface area contributed by atoms with E-state index in [2.05, 4.69) is 0 Å². The molecule has 90 valence electrons. The lowest BCUT2D eigenvalue weighted by Crippen LogP contribution is -2.03. The van der Waals surface area contributed by atoms with Crippen LogP contribution >= 0.6 is 0 Å². The van der Waals surface area contributed by atoms with E-state index >= 15 is 0 Å². The van der Waals surface area contributed by atoms with Gasteiger partial charge in [-0.15, -0.1) is 0 Å². The Morgan fingerprint density at radius 3 is 2.12 bits per heavy atom. The maximum atomic E-state index is 11.5. The summed E-state index contributed by atoms with van der Waals surface area (Å²) in [6.45, 7) is -0.246. The van der Waals surface area contributed by atoms with Crippen molar-refractivity contribution in [2.45, 2.75) is 11.5 Å². The Morgan fingerprint density at radius 1 is 1.19 bits per heavy atom. The average Bonchev–Trinajstić information content (AvgIpc) is 2.25. The summed E-state index contributed by atoms with van der Waals surface area (Å²) in [7, 11) is -0.607. The van der Waals surface area contributed by atoms with E-state index in [1.807, 2.05) is 0 Å². The van der Waals surface area contributed by atoms with Crippen molar-refractivity contribution in [3.05, 3.63) is 17.7 Å². The SMILES string of the molecule is COc1cc(S(C)(=O)=O)c(OC)cc1CO. The molecule has 1 N–H and O–H groups in total. The highest BCUT2D eigenvalue weighted by molar-refractivity contribution is 7.90. The van der Waals surface area contributed by atoms with Crippen LogP contribution in [0.15, 0.2) is 17.0 Å². The zero-order valence-corrected chi connectivity index (χ0v) is 10.2. The van der Waals surface area contributed by atoms with E-state index in [1.54, 1.807) is 0 Å². The van der Waals surface area contributed by atoms with Crippen LogP contribution in [-0.2, 0) is 16.4 Å². The van der Waals surface area contributed by atoms with Crippen molar-refractivity contribution >= 4 is 9.84 Å². The Labute approximate surface area is 94.5 Å². The second-order valence-electron chi connectivity index (χ2n) is 3.25. The quantitative estimate of drug-likeness (QED) is 0.842. The molecular weight excluding hydrogens is 232 g/mol. The molecule has 0 radical (unpaired) electrons. The molecule has 0 amide bonds. The molecule has 0 saturated heterocycles. The molecule has 0 fully saturated rings. The van der Waals surface area contributed by atoms with Gasteiger partial charge in [0.25, 0.3) is 0 Å². The van der Waals surface area contributed by atoms with Crippen LogP contribution in [0, 0.1) is 0 Å². The van der Waals surface area contributed by atoms with E-state index < -0.39 is 9.84 Å². The van der Waals surface area contributed by atoms with Gasteiger partial charge in [0.2, 0.25) is 0 Å². The molecule has 0 aliphatic rings. The fraction of sp³-hybridized carbons (Fsp3) is 0.400. The maximum absolute atomic E-state index is 11.5. The van der Waals surface area contributed by atoms with E-state index in [0.717, 1.165) is 6.26 Å². The first-order valence-corrected chi connectivity index (χ1v) is 6.39. The highest BCUT2D eigenvalue weighted by Crippen LogP contribution is 2.31. The first-order chi connectivity index (χ1) is 7.43. The van der Waals surface area contributed by atoms with Crippen LogP contribution < -0.4 is 9.47 Å². The third-order valence-corrected chi connectivity index (χ3v) is 3.25. The van der Waals surface area contributed by atoms with E-state index in [4.69, 9.17) is 14.6 Å². The molecule has 1 aromatic carbocycles. The maximum Gasteiger partial charge on any atom is 0.179 e. The number of benzene rings is 1. The molecule has 1 aromatic rings. The smallest absolute Gasteiger partial charge is 0.179 e. The monoisotopic (exact) mass is 246 g/mol. The first kappa shape index (κ1) is 12.8. The Kier molecular flexibility index (Phi) is 3.77. The minimum absolute atomic E-state index is 0.0454. The molecule has 0 atom stereocenters. The summed E-state index contributed by atoms with van der Waals surface area (Å²) >= 11 is 0. The van der Waals surface area contributed by atoms with Gasteiger partial charge < -0.3 is 14.6 Å². The summed E-state index contributed by atoms with van der Waals surface area (Å²) in [6, 6.07) is 2.80. The van der Waals surface area contributed by atoms with E-state index in [1.165, 1.54) is 26.4 Å². The molecule has 0 aliphatic heterocycles. The molecular formula is C10H14O5S. The summed E-state index contributed by atoms with van der Waals surface area (Å²) in [6.07, 6.45) is 1.09. The van der Waals surface area contributed by atoms with Gasteiger partial charge in [0.05, 0.1) is 20.8 Å². The predicted molar refractivity (Wildman–Crippen MR) is 58.6 cm³/mol. The normalized spacial score (nSPS) is 11.2. The van der Waals surface area contributed by atoms with Crippen molar-refractivity contribution in [2.75, 3.05) is 20.5 Å². The molecule has 0 unspecified atom stereocenters. The van der Waals surface area contributed by atoms with Crippen molar-refractivity contribution in [3.63, 3.8) is 0 Å². The minimum Gasteiger partial charge on any atom is -0.496 e. The van der Waals surface area contributed by atoms with Crippen molar-refractivity contribution < 1.29 is 23.0 Å². The van der Waals surface area contributed by atoms with Gasteiger partial charge in [-0.2, -0.15) is 0 Å². The third kappa shape index (κ3) is 2.45. The molecule has 0 saturated carbocycles. The number of methoxy groups -OCH3 is 2. The lowest BCUT2D eigenvalue weighted by Gasteiger charge is -2.12. The summed E-state index contributed by atoms with van der Waals surface area (Å²) in [5.74, 6) is 0.524. The lowest BCUT2D eigenvalue weighted by atomic mass is 10.2. The van der Waals surface area contributed by atoms with Crippen molar-refractivity contribution in [3.8, 4) is 11.5 Å². The van der Waals surface area contributed by atoms with Crippen LogP contribution in [0.25, 0.3) is 0 Å². The standard InChI is InChI=1S/C10H14O5S/c1-14-8-5-10(16(3,12)13)9(15-2)4-7(8)6-11/h4-5,11H,6H2,1-3H3. The Morgan fingerprint density at radius 2 is 1.75 bits per heavy atom. The van der Waals surface area contributed by atoms with Crippen LogP contribution in [0.1, 0.15) is 5.56 Å². The van der Waals surface area contributed by atoms with Gasteiger partial charge in [-0.3, -0.25) is 0 Å². The number of rotatable bonds is 4. The van der Waals surface area contributed by atoms with Gasteiger partial charge in [-0.05, 0) is 6.07 Å². The molecule has 5 nitrogen and oxygen atoms in total. The van der Waals surface area contributed by atoms with Crippen LogP contribution in [0.4, 0.5) is 0 Å². The fourth-order valence-electron chi connectivity index (χ4n) is 1.35. The summed E-state index contributed by atoms with van der Waals surface area (Å²) < 4.78 is 32.9. The van der Waals surface area contributed by atoms with Crippen molar-refractivity contribution in [2.24, 2.45) is 0 Å². The van der Waals surface area contributed by atoms with E-state index in [0.29, 0.717) is 11.3 Å². The summed E-state index contributed by atoms with van der Waals surface area (Å²) in [4.78, 5) is 0.0454. The highest BCUT2D eigenvalue weighted by atomic mass is 32.2. The Hall–Kier alpha value is -1.27. The predicted octanol–water partition coefficient (Wildman–Crippen LogP) is 0.600. The number of aliphatic hydroxyl groups excluding tert-OH is 1. The van der Waals surface area contributed by atoms with Crippen LogP contribution in [0.5, 0.6) is 11.5 Å². The number of aliphatic hydroxyl groups is 1. The van der Waals surface area contributed by atoms with Gasteiger partial charge in [-0.1, -0.05) is 0 Å². The number of hydrogen-bond donors (Lipinski definition) is 1. The van der Waals surface area contributed by atoms with Crippen molar-refractivity contribution in [1.82, 2.24) is 0 Å². The largest absolute Gasteiger partial charge is 0.496 e. The second-order valence-corrected chi connectivity index (χ2v) is 5.23. The Balaban J connectivity index is 3.50. The molecule has 0 aromatic heterocycles. The zero-order chi connectivity index (χ0) is 12.3. The first-order valence-electron chi connectivity index (χ1n) is 4.49. The topological polar surface area (TPSA) is 72.8 Å². The van der Waals surface area contributed by atoms with Crippen molar-refractivity contribution in [1.29, 1.82) is 0 Å². The molecule has 0 aliphatic carbocycles. The van der Waals surface area contributed by atoms with Gasteiger partial charge >= 0.3 is 0 Å². The van der Waals surface area contributed by atoms with Gasteiger partial charge in [-0.25, -0.2) is 8.42 Å². The molecule has 0 bridgehead atoms. The van der Waals surface area contributed by atoms with Gasteiger partial charge in [0.1, 0.15) is 16.4 Å².